The molecule has 2 atom stereocenters. The zero-order valence-electron chi connectivity index (χ0n) is 9.08. The van der Waals surface area contributed by atoms with Gasteiger partial charge in [-0.2, -0.15) is 0 Å². The van der Waals surface area contributed by atoms with E-state index in [0.29, 0.717) is 12.1 Å². The lowest BCUT2D eigenvalue weighted by atomic mass is 9.81. The van der Waals surface area contributed by atoms with E-state index < -0.39 is 0 Å². The van der Waals surface area contributed by atoms with Crippen LogP contribution < -0.4 is 0 Å². The lowest BCUT2D eigenvalue weighted by Crippen LogP contribution is -2.59. The molecule has 0 spiro atoms. The van der Waals surface area contributed by atoms with Gasteiger partial charge in [0.05, 0.1) is 12.1 Å². The van der Waals surface area contributed by atoms with Gasteiger partial charge in [-0.25, -0.2) is 0 Å². The van der Waals surface area contributed by atoms with Crippen molar-refractivity contribution in [3.63, 3.8) is 0 Å². The van der Waals surface area contributed by atoms with Gasteiger partial charge in [0.2, 0.25) is 0 Å². The number of hydrogen-bond donors (Lipinski definition) is 0. The molecule has 3 aliphatic heterocycles. The molecule has 4 rings (SSSR count). The highest BCUT2D eigenvalue weighted by molar-refractivity contribution is 5.49. The Morgan fingerprint density at radius 3 is 1.81 bits per heavy atom. The highest BCUT2D eigenvalue weighted by atomic mass is 15.3. The number of allylic oxidation sites excluding steroid dienone is 4. The van der Waals surface area contributed by atoms with E-state index in [1.54, 1.807) is 0 Å². The summed E-state index contributed by atoms with van der Waals surface area (Å²) < 4.78 is 0. The maximum Gasteiger partial charge on any atom is 0.0783 e. The van der Waals surface area contributed by atoms with Crippen molar-refractivity contribution in [3.05, 3.63) is 60.0 Å². The molecule has 0 unspecified atom stereocenters. The summed E-state index contributed by atoms with van der Waals surface area (Å²) in [6, 6.07) is 1.06. The van der Waals surface area contributed by atoms with Crippen molar-refractivity contribution in [2.45, 2.75) is 12.1 Å². The first-order valence-electron chi connectivity index (χ1n) is 5.90. The first-order chi connectivity index (χ1) is 7.93. The molecule has 16 heavy (non-hydrogen) atoms. The van der Waals surface area contributed by atoms with Crippen LogP contribution in [0.15, 0.2) is 60.0 Å². The molecule has 0 radical (unpaired) electrons. The number of rotatable bonds is 0. The average molecular weight is 210 g/mol. The first-order valence-corrected chi connectivity index (χ1v) is 5.90. The van der Waals surface area contributed by atoms with E-state index in [4.69, 9.17) is 0 Å². The Labute approximate surface area is 95.5 Å². The highest BCUT2D eigenvalue weighted by Crippen LogP contribution is 2.36. The molecule has 1 aliphatic carbocycles. The molecule has 0 N–H and O–H groups in total. The standard InChI is InChI=1S/C14H14N2/c1-3-11-5-6-12-4-2-8-16-10-9-15(7-1)13(11)14(12)16/h1-8,13-14H,9-10H2/t13-,14-/m1/s1. The zero-order chi connectivity index (χ0) is 10.5. The summed E-state index contributed by atoms with van der Waals surface area (Å²) in [7, 11) is 0. The van der Waals surface area contributed by atoms with E-state index in [-0.39, 0.29) is 0 Å². The van der Waals surface area contributed by atoms with Crippen LogP contribution >= 0.6 is 0 Å². The van der Waals surface area contributed by atoms with E-state index >= 15 is 0 Å². The van der Waals surface area contributed by atoms with Crippen molar-refractivity contribution >= 4 is 0 Å². The molecular formula is C14H14N2. The molecule has 2 heteroatoms. The second-order valence-corrected chi connectivity index (χ2v) is 4.72. The molecule has 80 valence electrons. The minimum Gasteiger partial charge on any atom is -0.366 e. The Balaban J connectivity index is 1.89. The fourth-order valence-corrected chi connectivity index (χ4v) is 3.18. The number of piperazine rings is 1. The summed E-state index contributed by atoms with van der Waals surface area (Å²) >= 11 is 0. The van der Waals surface area contributed by atoms with Gasteiger partial charge in [-0.1, -0.05) is 24.3 Å². The third-order valence-electron chi connectivity index (χ3n) is 3.91. The second kappa shape index (κ2) is 2.91. The molecule has 0 aromatic rings. The van der Waals surface area contributed by atoms with Crippen LogP contribution in [0.4, 0.5) is 0 Å². The summed E-state index contributed by atoms with van der Waals surface area (Å²) in [4.78, 5) is 4.96. The lowest BCUT2D eigenvalue weighted by Gasteiger charge is -2.51. The van der Waals surface area contributed by atoms with Crippen LogP contribution in [0, 0.1) is 0 Å². The minimum atomic E-state index is 0.528. The molecule has 0 aromatic heterocycles. The molecule has 1 fully saturated rings. The lowest BCUT2D eigenvalue weighted by molar-refractivity contribution is 0.120. The summed E-state index contributed by atoms with van der Waals surface area (Å²) in [5.41, 5.74) is 2.90. The van der Waals surface area contributed by atoms with Crippen molar-refractivity contribution in [2.24, 2.45) is 0 Å². The van der Waals surface area contributed by atoms with Crippen LogP contribution in [0.25, 0.3) is 0 Å². The van der Waals surface area contributed by atoms with E-state index in [2.05, 4.69) is 58.7 Å². The van der Waals surface area contributed by atoms with Gasteiger partial charge in [-0.05, 0) is 35.7 Å². The monoisotopic (exact) mass is 210 g/mol. The summed E-state index contributed by atoms with van der Waals surface area (Å²) in [6.45, 7) is 2.25. The molecule has 0 saturated carbocycles. The average Bonchev–Trinajstić information content (AvgIpc) is 2.36. The van der Waals surface area contributed by atoms with Gasteiger partial charge in [0.1, 0.15) is 0 Å². The minimum absolute atomic E-state index is 0.528. The molecular weight excluding hydrogens is 196 g/mol. The largest absolute Gasteiger partial charge is 0.366 e. The quantitative estimate of drug-likeness (QED) is 0.601. The van der Waals surface area contributed by atoms with Crippen LogP contribution in [-0.2, 0) is 0 Å². The van der Waals surface area contributed by atoms with E-state index in [1.807, 2.05) is 0 Å². The fourth-order valence-electron chi connectivity index (χ4n) is 3.18. The highest BCUT2D eigenvalue weighted by Gasteiger charge is 2.40. The normalized spacial score (nSPS) is 33.5. The third kappa shape index (κ3) is 0.967. The van der Waals surface area contributed by atoms with Crippen LogP contribution in [-0.4, -0.2) is 35.0 Å². The fraction of sp³-hybridized carbons (Fsp3) is 0.286. The molecule has 2 nitrogen and oxygen atoms in total. The molecule has 0 amide bonds. The van der Waals surface area contributed by atoms with Gasteiger partial charge in [-0.15, -0.1) is 0 Å². The van der Waals surface area contributed by atoms with Gasteiger partial charge in [0, 0.05) is 13.1 Å². The third-order valence-corrected chi connectivity index (χ3v) is 3.91. The van der Waals surface area contributed by atoms with Crippen LogP contribution in [0.1, 0.15) is 0 Å². The van der Waals surface area contributed by atoms with Crippen molar-refractivity contribution < 1.29 is 0 Å². The van der Waals surface area contributed by atoms with Gasteiger partial charge in [0.15, 0.2) is 0 Å². The Hall–Kier alpha value is -1.70. The van der Waals surface area contributed by atoms with Crippen LogP contribution in [0.2, 0.25) is 0 Å². The summed E-state index contributed by atoms with van der Waals surface area (Å²) in [6.07, 6.45) is 17.8. The van der Waals surface area contributed by atoms with Crippen molar-refractivity contribution in [2.75, 3.05) is 13.1 Å². The van der Waals surface area contributed by atoms with E-state index in [1.165, 1.54) is 11.1 Å². The molecule has 0 bridgehead atoms. The Bertz CT molecular complexity index is 435. The molecule has 1 saturated heterocycles. The zero-order valence-corrected chi connectivity index (χ0v) is 9.08. The number of hydrogen-bond acceptors (Lipinski definition) is 2. The predicted molar refractivity (Wildman–Crippen MR) is 64.6 cm³/mol. The van der Waals surface area contributed by atoms with Crippen molar-refractivity contribution in [1.29, 1.82) is 0 Å². The molecule has 4 aliphatic rings. The van der Waals surface area contributed by atoms with E-state index in [9.17, 15) is 0 Å². The van der Waals surface area contributed by atoms with Gasteiger partial charge >= 0.3 is 0 Å². The topological polar surface area (TPSA) is 6.48 Å². The van der Waals surface area contributed by atoms with Gasteiger partial charge in [0.25, 0.3) is 0 Å². The molecule has 3 heterocycles. The SMILES string of the molecule is C1=CN2CCN3C=CC=C4C=CC(=C1)[C@@H]2[C@@H]43. The maximum absolute atomic E-state index is 2.48. The number of nitrogens with zero attached hydrogens (tertiary/aromatic N) is 2. The van der Waals surface area contributed by atoms with Crippen LogP contribution in [0.5, 0.6) is 0 Å². The predicted octanol–water partition coefficient (Wildman–Crippen LogP) is 1.82. The van der Waals surface area contributed by atoms with E-state index in [0.717, 1.165) is 13.1 Å². The maximum atomic E-state index is 2.48. The Morgan fingerprint density at radius 2 is 1.31 bits per heavy atom. The van der Waals surface area contributed by atoms with Crippen molar-refractivity contribution in [3.8, 4) is 0 Å². The first kappa shape index (κ1) is 8.45. The van der Waals surface area contributed by atoms with Crippen LogP contribution in [0.3, 0.4) is 0 Å². The molecule has 0 aromatic carbocycles. The Morgan fingerprint density at radius 1 is 0.812 bits per heavy atom. The second-order valence-electron chi connectivity index (χ2n) is 4.72. The Kier molecular flexibility index (Phi) is 1.54. The van der Waals surface area contributed by atoms with Gasteiger partial charge < -0.3 is 9.80 Å². The van der Waals surface area contributed by atoms with Crippen molar-refractivity contribution in [1.82, 2.24) is 9.80 Å². The van der Waals surface area contributed by atoms with Gasteiger partial charge in [-0.3, -0.25) is 0 Å². The summed E-state index contributed by atoms with van der Waals surface area (Å²) in [5, 5.41) is 0. The summed E-state index contributed by atoms with van der Waals surface area (Å²) in [5.74, 6) is 0. The smallest absolute Gasteiger partial charge is 0.0783 e.